The molecule has 1 fully saturated rings. The molecule has 1 aromatic heterocycles. The van der Waals surface area contributed by atoms with Gasteiger partial charge in [0.05, 0.1) is 11.6 Å². The maximum Gasteiger partial charge on any atom is 0.312 e. The largest absolute Gasteiger partial charge is 0.481 e. The van der Waals surface area contributed by atoms with E-state index in [1.807, 2.05) is 6.07 Å². The molecule has 1 saturated carbocycles. The van der Waals surface area contributed by atoms with E-state index in [-0.39, 0.29) is 5.92 Å². The minimum Gasteiger partial charge on any atom is -0.481 e. The van der Waals surface area contributed by atoms with E-state index in [2.05, 4.69) is 17.6 Å². The maximum atomic E-state index is 11.3. The van der Waals surface area contributed by atoms with Crippen LogP contribution < -0.4 is 0 Å². The van der Waals surface area contributed by atoms with Gasteiger partial charge in [0.2, 0.25) is 0 Å². The zero-order valence-corrected chi connectivity index (χ0v) is 15.5. The lowest BCUT2D eigenvalue weighted by Crippen LogP contribution is -2.23. The Hall–Kier alpha value is -1.16. The van der Waals surface area contributed by atoms with E-state index >= 15 is 0 Å². The molecule has 1 aliphatic heterocycles. The van der Waals surface area contributed by atoms with Crippen LogP contribution in [0.5, 0.6) is 0 Å². The van der Waals surface area contributed by atoms with Crippen molar-refractivity contribution in [1.29, 1.82) is 0 Å². The number of thiocarbonyl (C=S) groups is 1. The summed E-state index contributed by atoms with van der Waals surface area (Å²) in [5.74, 6) is 0.336. The van der Waals surface area contributed by atoms with Crippen LogP contribution in [0.15, 0.2) is 12.1 Å². The second-order valence-corrected chi connectivity index (χ2v) is 7.99. The molecule has 0 spiro atoms. The number of hydrogen-bond donors (Lipinski definition) is 1. The van der Waals surface area contributed by atoms with Crippen LogP contribution in [0.2, 0.25) is 0 Å². The molecular weight excluding hydrogens is 318 g/mol. The Bertz CT molecular complexity index is 599. The van der Waals surface area contributed by atoms with Crippen LogP contribution in [0, 0.1) is 11.8 Å². The first-order valence-corrected chi connectivity index (χ1v) is 9.99. The van der Waals surface area contributed by atoms with Gasteiger partial charge in [-0.3, -0.25) is 4.79 Å². The van der Waals surface area contributed by atoms with Gasteiger partial charge in [-0.1, -0.05) is 44.8 Å². The molecule has 4 heteroatoms. The fraction of sp³-hybridized carbons (Fsp3) is 0.700. The predicted molar refractivity (Wildman–Crippen MR) is 101 cm³/mol. The highest BCUT2D eigenvalue weighted by molar-refractivity contribution is 7.80. The molecule has 3 rings (SSSR count). The number of carboxylic acids is 1. The predicted octanol–water partition coefficient (Wildman–Crippen LogP) is 5.16. The summed E-state index contributed by atoms with van der Waals surface area (Å²) in [6, 6.07) is 4.03. The van der Waals surface area contributed by atoms with Gasteiger partial charge in [-0.25, -0.2) is 0 Å². The molecule has 0 bridgehead atoms. The Morgan fingerprint density at radius 3 is 2.62 bits per heavy atom. The molecule has 1 atom stereocenters. The van der Waals surface area contributed by atoms with Crippen molar-refractivity contribution in [2.75, 3.05) is 0 Å². The molecular formula is C20H29NO2S. The molecule has 2 heterocycles. The first kappa shape index (κ1) is 17.7. The molecule has 24 heavy (non-hydrogen) atoms. The average molecular weight is 348 g/mol. The number of carboxylic acid groups (broad SMARTS) is 1. The van der Waals surface area contributed by atoms with Crippen LogP contribution in [-0.4, -0.2) is 20.5 Å². The second kappa shape index (κ2) is 7.81. The third-order valence-corrected chi connectivity index (χ3v) is 6.54. The van der Waals surface area contributed by atoms with Crippen molar-refractivity contribution in [2.45, 2.75) is 77.2 Å². The molecule has 1 unspecified atom stereocenters. The van der Waals surface area contributed by atoms with Crippen molar-refractivity contribution >= 4 is 23.1 Å². The summed E-state index contributed by atoms with van der Waals surface area (Å²) in [6.45, 7) is 3.06. The standard InChI is InChI=1S/C20H29NO2S/c1-2-3-4-5-14-6-8-15(9-7-14)19(24)18-11-10-17-16(20(22)23)12-13-21(17)18/h10-11,14-16H,2-9,12-13H2,1H3,(H,22,23). The summed E-state index contributed by atoms with van der Waals surface area (Å²) in [4.78, 5) is 12.4. The van der Waals surface area contributed by atoms with Gasteiger partial charge in [-0.05, 0) is 56.1 Å². The van der Waals surface area contributed by atoms with Crippen LogP contribution in [0.3, 0.4) is 0 Å². The van der Waals surface area contributed by atoms with Gasteiger partial charge < -0.3 is 9.67 Å². The Labute approximate surface area is 150 Å². The maximum absolute atomic E-state index is 11.3. The molecule has 1 N–H and O–H groups in total. The van der Waals surface area contributed by atoms with Crippen LogP contribution in [0.4, 0.5) is 0 Å². The third kappa shape index (κ3) is 3.58. The molecule has 0 amide bonds. The Morgan fingerprint density at radius 2 is 1.96 bits per heavy atom. The molecule has 0 aromatic carbocycles. The smallest absolute Gasteiger partial charge is 0.312 e. The number of hydrogen-bond acceptors (Lipinski definition) is 2. The van der Waals surface area contributed by atoms with E-state index in [4.69, 9.17) is 12.2 Å². The first-order valence-electron chi connectivity index (χ1n) is 9.58. The normalized spacial score (nSPS) is 26.3. The first-order chi connectivity index (χ1) is 11.6. The Morgan fingerprint density at radius 1 is 1.21 bits per heavy atom. The lowest BCUT2D eigenvalue weighted by atomic mass is 9.78. The molecule has 2 aliphatic rings. The number of aliphatic carboxylic acids is 1. The highest BCUT2D eigenvalue weighted by atomic mass is 32.1. The molecule has 0 radical (unpaired) electrons. The summed E-state index contributed by atoms with van der Waals surface area (Å²) in [6.07, 6.45) is 11.1. The number of aromatic nitrogens is 1. The van der Waals surface area contributed by atoms with Crippen LogP contribution in [0.1, 0.15) is 82.0 Å². The second-order valence-electron chi connectivity index (χ2n) is 7.55. The molecule has 3 nitrogen and oxygen atoms in total. The van der Waals surface area contributed by atoms with E-state index < -0.39 is 5.97 Å². The van der Waals surface area contributed by atoms with Gasteiger partial charge in [-0.15, -0.1) is 0 Å². The highest BCUT2D eigenvalue weighted by Gasteiger charge is 2.32. The summed E-state index contributed by atoms with van der Waals surface area (Å²) in [5, 5.41) is 9.33. The van der Waals surface area contributed by atoms with Gasteiger partial charge in [0.25, 0.3) is 0 Å². The average Bonchev–Trinajstić information content (AvgIpc) is 3.16. The van der Waals surface area contributed by atoms with Gasteiger partial charge in [-0.2, -0.15) is 0 Å². The minimum atomic E-state index is -0.711. The van der Waals surface area contributed by atoms with E-state index in [0.29, 0.717) is 12.3 Å². The fourth-order valence-electron chi connectivity index (χ4n) is 4.51. The molecule has 0 saturated heterocycles. The minimum absolute atomic E-state index is 0.351. The monoisotopic (exact) mass is 347 g/mol. The third-order valence-electron chi connectivity index (χ3n) is 6.00. The molecule has 1 aliphatic carbocycles. The van der Waals surface area contributed by atoms with Crippen molar-refractivity contribution in [1.82, 2.24) is 4.57 Å². The summed E-state index contributed by atoms with van der Waals surface area (Å²) in [7, 11) is 0. The Kier molecular flexibility index (Phi) is 5.75. The summed E-state index contributed by atoms with van der Waals surface area (Å²) >= 11 is 5.82. The van der Waals surface area contributed by atoms with Gasteiger partial charge >= 0.3 is 5.97 Å². The van der Waals surface area contributed by atoms with Gasteiger partial charge in [0.15, 0.2) is 0 Å². The lowest BCUT2D eigenvalue weighted by molar-refractivity contribution is -0.138. The topological polar surface area (TPSA) is 42.2 Å². The highest BCUT2D eigenvalue weighted by Crippen LogP contribution is 2.36. The number of fused-ring (bicyclic) bond motifs is 1. The zero-order chi connectivity index (χ0) is 17.1. The summed E-state index contributed by atoms with van der Waals surface area (Å²) in [5.41, 5.74) is 2.05. The number of rotatable bonds is 7. The zero-order valence-electron chi connectivity index (χ0n) is 14.7. The van der Waals surface area contributed by atoms with E-state index in [1.165, 1.54) is 51.4 Å². The van der Waals surface area contributed by atoms with E-state index in [1.54, 1.807) is 0 Å². The van der Waals surface area contributed by atoms with Gasteiger partial charge in [0, 0.05) is 17.1 Å². The van der Waals surface area contributed by atoms with Crippen molar-refractivity contribution in [2.24, 2.45) is 11.8 Å². The van der Waals surface area contributed by atoms with Crippen LogP contribution in [-0.2, 0) is 11.3 Å². The van der Waals surface area contributed by atoms with Crippen LogP contribution in [0.25, 0.3) is 0 Å². The lowest BCUT2D eigenvalue weighted by Gasteiger charge is -2.29. The Balaban J connectivity index is 1.59. The van der Waals surface area contributed by atoms with Crippen molar-refractivity contribution < 1.29 is 9.90 Å². The molecule has 132 valence electrons. The SMILES string of the molecule is CCCCCC1CCC(C(=S)c2ccc3n2CCC3C(=O)O)CC1. The fourth-order valence-corrected chi connectivity index (χ4v) is 4.93. The number of nitrogens with zero attached hydrogens (tertiary/aromatic N) is 1. The quantitative estimate of drug-likeness (QED) is 0.420. The number of unbranched alkanes of at least 4 members (excludes halogenated alkanes) is 2. The van der Waals surface area contributed by atoms with Crippen LogP contribution >= 0.6 is 12.2 Å². The summed E-state index contributed by atoms with van der Waals surface area (Å²) < 4.78 is 2.16. The van der Waals surface area contributed by atoms with Crippen molar-refractivity contribution in [3.63, 3.8) is 0 Å². The van der Waals surface area contributed by atoms with Crippen molar-refractivity contribution in [3.05, 3.63) is 23.5 Å². The van der Waals surface area contributed by atoms with E-state index in [0.717, 1.165) is 28.7 Å². The number of carbonyl (C=O) groups is 1. The molecule has 1 aromatic rings. The van der Waals surface area contributed by atoms with Crippen molar-refractivity contribution in [3.8, 4) is 0 Å². The van der Waals surface area contributed by atoms with E-state index in [9.17, 15) is 9.90 Å². The van der Waals surface area contributed by atoms with Gasteiger partial charge in [0.1, 0.15) is 0 Å².